The first-order chi connectivity index (χ1) is 10.7. The molecule has 2 heterocycles. The Morgan fingerprint density at radius 3 is 2.61 bits per heavy atom. The molecule has 0 aromatic carbocycles. The third kappa shape index (κ3) is 3.70. The molecule has 124 valence electrons. The maximum atomic E-state index is 13.2. The maximum absolute atomic E-state index is 13.2. The fraction of sp³-hybridized carbons (Fsp3) is 0.333. The van der Waals surface area contributed by atoms with Gasteiger partial charge in [-0.25, -0.2) is 0 Å². The van der Waals surface area contributed by atoms with E-state index in [0.29, 0.717) is 0 Å². The molecule has 23 heavy (non-hydrogen) atoms. The third-order valence-corrected chi connectivity index (χ3v) is 3.31. The van der Waals surface area contributed by atoms with Gasteiger partial charge in [0.15, 0.2) is 0 Å². The number of hydrogen-bond donors (Lipinski definition) is 2. The topological polar surface area (TPSA) is 75.4 Å². The second kappa shape index (κ2) is 6.41. The Labute approximate surface area is 130 Å². The zero-order valence-electron chi connectivity index (χ0n) is 12.2. The van der Waals surface area contributed by atoms with Crippen molar-refractivity contribution in [2.75, 3.05) is 6.54 Å². The van der Waals surface area contributed by atoms with Crippen molar-refractivity contribution in [3.63, 3.8) is 0 Å². The van der Waals surface area contributed by atoms with Gasteiger partial charge in [0.25, 0.3) is 5.91 Å². The third-order valence-electron chi connectivity index (χ3n) is 3.31. The van der Waals surface area contributed by atoms with Crippen LogP contribution in [-0.2, 0) is 5.60 Å². The molecule has 1 amide bonds. The number of halogens is 3. The van der Waals surface area contributed by atoms with Gasteiger partial charge in [0.2, 0.25) is 5.60 Å². The van der Waals surface area contributed by atoms with Gasteiger partial charge >= 0.3 is 6.18 Å². The largest absolute Gasteiger partial charge is 0.463 e. The SMILES string of the molecule is Cc1ccc(C(O)(CCNC(=O)c2cccnc2)C(F)(F)F)o1. The van der Waals surface area contributed by atoms with Gasteiger partial charge in [0.05, 0.1) is 5.56 Å². The van der Waals surface area contributed by atoms with Crippen molar-refractivity contribution in [1.82, 2.24) is 10.3 Å². The molecule has 0 radical (unpaired) electrons. The number of aliphatic hydroxyl groups is 1. The normalized spacial score (nSPS) is 14.3. The summed E-state index contributed by atoms with van der Waals surface area (Å²) in [7, 11) is 0. The quantitative estimate of drug-likeness (QED) is 0.884. The minimum atomic E-state index is -4.93. The van der Waals surface area contributed by atoms with Crippen LogP contribution < -0.4 is 5.32 Å². The lowest BCUT2D eigenvalue weighted by Gasteiger charge is -2.28. The van der Waals surface area contributed by atoms with Crippen molar-refractivity contribution >= 4 is 5.91 Å². The number of pyridine rings is 1. The van der Waals surface area contributed by atoms with E-state index >= 15 is 0 Å². The lowest BCUT2D eigenvalue weighted by atomic mass is 9.95. The molecule has 0 aliphatic heterocycles. The van der Waals surface area contributed by atoms with E-state index in [1.54, 1.807) is 0 Å². The molecule has 0 saturated heterocycles. The summed E-state index contributed by atoms with van der Waals surface area (Å²) in [5.74, 6) is -0.918. The molecule has 2 N–H and O–H groups in total. The summed E-state index contributed by atoms with van der Waals surface area (Å²) in [4.78, 5) is 15.5. The highest BCUT2D eigenvalue weighted by molar-refractivity contribution is 5.93. The monoisotopic (exact) mass is 328 g/mol. The van der Waals surface area contributed by atoms with E-state index in [1.165, 1.54) is 37.5 Å². The number of amides is 1. The van der Waals surface area contributed by atoms with Gasteiger partial charge in [-0.1, -0.05) is 0 Å². The average Bonchev–Trinajstić information content (AvgIpc) is 2.93. The fourth-order valence-electron chi connectivity index (χ4n) is 2.02. The zero-order valence-corrected chi connectivity index (χ0v) is 12.2. The van der Waals surface area contributed by atoms with E-state index in [2.05, 4.69) is 10.3 Å². The first-order valence-corrected chi connectivity index (χ1v) is 6.78. The molecular weight excluding hydrogens is 313 g/mol. The predicted molar refractivity (Wildman–Crippen MR) is 74.6 cm³/mol. The van der Waals surface area contributed by atoms with Crippen LogP contribution in [0.3, 0.4) is 0 Å². The van der Waals surface area contributed by atoms with Crippen molar-refractivity contribution in [1.29, 1.82) is 0 Å². The van der Waals surface area contributed by atoms with Crippen LogP contribution in [0.1, 0.15) is 28.3 Å². The Kier molecular flexibility index (Phi) is 4.74. The second-order valence-electron chi connectivity index (χ2n) is 5.02. The maximum Gasteiger partial charge on any atom is 0.424 e. The van der Waals surface area contributed by atoms with Crippen LogP contribution in [0.2, 0.25) is 0 Å². The van der Waals surface area contributed by atoms with Crippen LogP contribution in [0.5, 0.6) is 0 Å². The van der Waals surface area contributed by atoms with Crippen molar-refractivity contribution in [3.05, 3.63) is 53.7 Å². The highest BCUT2D eigenvalue weighted by Gasteiger charge is 2.56. The summed E-state index contributed by atoms with van der Waals surface area (Å²) in [6.45, 7) is 1.09. The van der Waals surface area contributed by atoms with Crippen LogP contribution in [0, 0.1) is 6.92 Å². The molecule has 5 nitrogen and oxygen atoms in total. The van der Waals surface area contributed by atoms with Gasteiger partial charge in [-0.3, -0.25) is 9.78 Å². The Morgan fingerprint density at radius 1 is 1.35 bits per heavy atom. The van der Waals surface area contributed by atoms with E-state index in [-0.39, 0.29) is 17.9 Å². The van der Waals surface area contributed by atoms with Crippen LogP contribution in [-0.4, -0.2) is 28.7 Å². The highest BCUT2D eigenvalue weighted by Crippen LogP contribution is 2.41. The summed E-state index contributed by atoms with van der Waals surface area (Å²) < 4.78 is 44.6. The Balaban J connectivity index is 2.07. The fourth-order valence-corrected chi connectivity index (χ4v) is 2.02. The smallest absolute Gasteiger partial charge is 0.424 e. The number of nitrogens with zero attached hydrogens (tertiary/aromatic N) is 1. The number of carbonyl (C=O) groups is 1. The van der Waals surface area contributed by atoms with Crippen LogP contribution in [0.15, 0.2) is 41.1 Å². The molecule has 0 aliphatic rings. The van der Waals surface area contributed by atoms with Crippen molar-refractivity contribution < 1.29 is 27.5 Å². The number of carbonyl (C=O) groups excluding carboxylic acids is 1. The highest BCUT2D eigenvalue weighted by atomic mass is 19.4. The Morgan fingerprint density at radius 2 is 2.09 bits per heavy atom. The average molecular weight is 328 g/mol. The first kappa shape index (κ1) is 17.0. The van der Waals surface area contributed by atoms with Gasteiger partial charge in [0.1, 0.15) is 11.5 Å². The van der Waals surface area contributed by atoms with E-state index in [1.807, 2.05) is 0 Å². The van der Waals surface area contributed by atoms with Crippen molar-refractivity contribution in [2.45, 2.75) is 25.1 Å². The number of nitrogens with one attached hydrogen (secondary N) is 1. The molecule has 2 aromatic rings. The van der Waals surface area contributed by atoms with Crippen LogP contribution in [0.4, 0.5) is 13.2 Å². The van der Waals surface area contributed by atoms with Crippen LogP contribution >= 0.6 is 0 Å². The molecule has 0 spiro atoms. The summed E-state index contributed by atoms with van der Waals surface area (Å²) >= 11 is 0. The molecule has 0 fully saturated rings. The van der Waals surface area contributed by atoms with E-state index in [9.17, 15) is 23.1 Å². The molecule has 2 aromatic heterocycles. The number of alkyl halides is 3. The summed E-state index contributed by atoms with van der Waals surface area (Å²) in [6, 6.07) is 5.42. The number of aryl methyl sites for hydroxylation is 1. The minimum absolute atomic E-state index is 0.219. The first-order valence-electron chi connectivity index (χ1n) is 6.78. The lowest BCUT2D eigenvalue weighted by molar-refractivity contribution is -0.274. The van der Waals surface area contributed by atoms with E-state index in [4.69, 9.17) is 4.42 Å². The number of hydrogen-bond acceptors (Lipinski definition) is 4. The zero-order chi connectivity index (χ0) is 17.1. The summed E-state index contributed by atoms with van der Waals surface area (Å²) in [6.07, 6.45) is -2.94. The van der Waals surface area contributed by atoms with Crippen molar-refractivity contribution in [2.24, 2.45) is 0 Å². The molecular formula is C15H15F3N2O3. The molecule has 2 rings (SSSR count). The van der Waals surface area contributed by atoms with Crippen LogP contribution in [0.25, 0.3) is 0 Å². The molecule has 8 heteroatoms. The molecule has 0 bridgehead atoms. The molecule has 0 saturated carbocycles. The minimum Gasteiger partial charge on any atom is -0.463 e. The van der Waals surface area contributed by atoms with Gasteiger partial charge in [-0.05, 0) is 31.2 Å². The van der Waals surface area contributed by atoms with E-state index in [0.717, 1.165) is 6.07 Å². The lowest BCUT2D eigenvalue weighted by Crippen LogP contribution is -2.44. The number of furan rings is 1. The molecule has 1 atom stereocenters. The summed E-state index contributed by atoms with van der Waals surface area (Å²) in [5.41, 5.74) is -2.94. The standard InChI is InChI=1S/C15H15F3N2O3/c1-10-4-5-12(23-10)14(22,15(16,17)18)6-8-20-13(21)11-3-2-7-19-9-11/h2-5,7,9,22H,6,8H2,1H3,(H,20,21). The Bertz CT molecular complexity index is 670. The number of rotatable bonds is 5. The Hall–Kier alpha value is -2.35. The molecule has 0 aliphatic carbocycles. The van der Waals surface area contributed by atoms with Gasteiger partial charge in [-0.15, -0.1) is 0 Å². The van der Waals surface area contributed by atoms with Gasteiger partial charge < -0.3 is 14.8 Å². The number of aromatic nitrogens is 1. The summed E-state index contributed by atoms with van der Waals surface area (Å²) in [5, 5.41) is 12.4. The van der Waals surface area contributed by atoms with Gasteiger partial charge in [0, 0.05) is 25.4 Å². The van der Waals surface area contributed by atoms with Gasteiger partial charge in [-0.2, -0.15) is 13.2 Å². The van der Waals surface area contributed by atoms with E-state index < -0.39 is 29.9 Å². The van der Waals surface area contributed by atoms with Crippen molar-refractivity contribution in [3.8, 4) is 0 Å². The second-order valence-corrected chi connectivity index (χ2v) is 5.02. The predicted octanol–water partition coefficient (Wildman–Crippen LogP) is 2.55. The molecule has 1 unspecified atom stereocenters.